The summed E-state index contributed by atoms with van der Waals surface area (Å²) in [7, 11) is 0. The highest BCUT2D eigenvalue weighted by molar-refractivity contribution is 5.50. The molecule has 0 aromatic carbocycles. The van der Waals surface area contributed by atoms with Crippen LogP contribution in [-0.4, -0.2) is 4.57 Å². The lowest BCUT2D eigenvalue weighted by Crippen LogP contribution is -2.22. The molecule has 3 heteroatoms. The largest absolute Gasteiger partial charge is 0.384 e. The first-order valence-electron chi connectivity index (χ1n) is 3.84. The minimum absolute atomic E-state index is 0.0564. The maximum atomic E-state index is 8.65. The highest BCUT2D eigenvalue weighted by Crippen LogP contribution is 2.22. The van der Waals surface area contributed by atoms with E-state index in [1.165, 1.54) is 0 Å². The van der Waals surface area contributed by atoms with Gasteiger partial charge in [0.1, 0.15) is 11.9 Å². The topological polar surface area (TPSA) is 54.7 Å². The molecule has 0 aliphatic carbocycles. The lowest BCUT2D eigenvalue weighted by Gasteiger charge is -2.22. The maximum absolute atomic E-state index is 8.65. The summed E-state index contributed by atoms with van der Waals surface area (Å²) in [6, 6.07) is 3.78. The van der Waals surface area contributed by atoms with E-state index < -0.39 is 0 Å². The molecule has 0 aliphatic heterocycles. The Morgan fingerprint density at radius 3 is 2.33 bits per heavy atom. The number of aromatic nitrogens is 1. The van der Waals surface area contributed by atoms with Crippen molar-refractivity contribution < 1.29 is 0 Å². The summed E-state index contributed by atoms with van der Waals surface area (Å²) in [4.78, 5) is 0. The van der Waals surface area contributed by atoms with Crippen LogP contribution in [0, 0.1) is 11.3 Å². The molecule has 0 saturated carbocycles. The number of hydrogen-bond acceptors (Lipinski definition) is 2. The van der Waals surface area contributed by atoms with Gasteiger partial charge in [0, 0.05) is 11.7 Å². The van der Waals surface area contributed by atoms with Crippen molar-refractivity contribution in [2.45, 2.75) is 26.3 Å². The van der Waals surface area contributed by atoms with Gasteiger partial charge >= 0.3 is 0 Å². The van der Waals surface area contributed by atoms with E-state index in [1.807, 2.05) is 37.6 Å². The van der Waals surface area contributed by atoms with Crippen molar-refractivity contribution in [2.24, 2.45) is 0 Å². The molecule has 0 atom stereocenters. The van der Waals surface area contributed by atoms with E-state index >= 15 is 0 Å². The summed E-state index contributed by atoms with van der Waals surface area (Å²) >= 11 is 0. The second-order valence-corrected chi connectivity index (χ2v) is 3.77. The molecule has 0 spiro atoms. The third kappa shape index (κ3) is 1.28. The van der Waals surface area contributed by atoms with Crippen LogP contribution in [0.1, 0.15) is 26.3 Å². The molecular weight excluding hydrogens is 150 g/mol. The number of rotatable bonds is 0. The van der Waals surface area contributed by atoms with Crippen molar-refractivity contribution in [1.82, 2.24) is 4.57 Å². The summed E-state index contributed by atoms with van der Waals surface area (Å²) in [6.45, 7) is 6.14. The quantitative estimate of drug-likeness (QED) is 0.632. The van der Waals surface area contributed by atoms with Crippen molar-refractivity contribution in [3.63, 3.8) is 0 Å². The van der Waals surface area contributed by atoms with Gasteiger partial charge in [0.05, 0.1) is 5.56 Å². The summed E-state index contributed by atoms with van der Waals surface area (Å²) in [5.41, 5.74) is 6.23. The fraction of sp³-hybridized carbons (Fsp3) is 0.444. The fourth-order valence-electron chi connectivity index (χ4n) is 1.12. The Morgan fingerprint density at radius 1 is 1.50 bits per heavy atom. The molecule has 1 aromatic heterocycles. The molecule has 0 bridgehead atoms. The van der Waals surface area contributed by atoms with Crippen molar-refractivity contribution in [3.8, 4) is 6.07 Å². The Hall–Kier alpha value is -1.43. The van der Waals surface area contributed by atoms with Gasteiger partial charge in [0.15, 0.2) is 0 Å². The van der Waals surface area contributed by atoms with Crippen LogP contribution in [0.3, 0.4) is 0 Å². The van der Waals surface area contributed by atoms with E-state index in [-0.39, 0.29) is 5.54 Å². The van der Waals surface area contributed by atoms with Crippen molar-refractivity contribution >= 4 is 5.82 Å². The van der Waals surface area contributed by atoms with E-state index in [0.717, 1.165) is 0 Å². The number of nitrogen functional groups attached to an aromatic ring is 1. The zero-order chi connectivity index (χ0) is 9.35. The van der Waals surface area contributed by atoms with Crippen LogP contribution < -0.4 is 5.73 Å². The van der Waals surface area contributed by atoms with Crippen molar-refractivity contribution in [1.29, 1.82) is 5.26 Å². The molecule has 0 saturated heterocycles. The van der Waals surface area contributed by atoms with Gasteiger partial charge in [-0.3, -0.25) is 0 Å². The molecule has 0 fully saturated rings. The van der Waals surface area contributed by atoms with Gasteiger partial charge in [-0.05, 0) is 26.8 Å². The number of nitriles is 1. The molecule has 0 radical (unpaired) electrons. The van der Waals surface area contributed by atoms with Gasteiger partial charge in [0.25, 0.3) is 0 Å². The molecule has 2 N–H and O–H groups in total. The average Bonchev–Trinajstić information content (AvgIpc) is 2.29. The molecule has 1 heterocycles. The third-order valence-corrected chi connectivity index (χ3v) is 1.77. The molecule has 1 aromatic rings. The zero-order valence-corrected chi connectivity index (χ0v) is 7.63. The van der Waals surface area contributed by atoms with Crippen molar-refractivity contribution in [3.05, 3.63) is 17.8 Å². The molecule has 64 valence electrons. The summed E-state index contributed by atoms with van der Waals surface area (Å²) in [6.07, 6.45) is 1.84. The second-order valence-electron chi connectivity index (χ2n) is 3.77. The predicted octanol–water partition coefficient (Wildman–Crippen LogP) is 1.70. The summed E-state index contributed by atoms with van der Waals surface area (Å²) in [5.74, 6) is 0.546. The van der Waals surface area contributed by atoms with Gasteiger partial charge < -0.3 is 10.3 Å². The molecule has 0 unspecified atom stereocenters. The smallest absolute Gasteiger partial charge is 0.121 e. The Labute approximate surface area is 72.4 Å². The number of nitrogens with zero attached hydrogens (tertiary/aromatic N) is 2. The monoisotopic (exact) mass is 163 g/mol. The highest BCUT2D eigenvalue weighted by atomic mass is 15.1. The second kappa shape index (κ2) is 2.56. The standard InChI is InChI=1S/C9H13N3/c1-9(2,3)12-5-4-7(6-10)8(12)11/h4-5H,11H2,1-3H3. The van der Waals surface area contributed by atoms with Crippen LogP contribution in [-0.2, 0) is 5.54 Å². The average molecular weight is 163 g/mol. The minimum Gasteiger partial charge on any atom is -0.384 e. The number of nitrogens with two attached hydrogens (primary N) is 1. The van der Waals surface area contributed by atoms with Crippen LogP contribution in [0.15, 0.2) is 12.3 Å². The SMILES string of the molecule is CC(C)(C)n1ccc(C#N)c1N. The van der Waals surface area contributed by atoms with Crippen LogP contribution in [0.25, 0.3) is 0 Å². The van der Waals surface area contributed by atoms with Gasteiger partial charge in [-0.25, -0.2) is 0 Å². The van der Waals surface area contributed by atoms with E-state index in [0.29, 0.717) is 11.4 Å². The third-order valence-electron chi connectivity index (χ3n) is 1.77. The minimum atomic E-state index is -0.0564. The predicted molar refractivity (Wildman–Crippen MR) is 48.6 cm³/mol. The fourth-order valence-corrected chi connectivity index (χ4v) is 1.12. The van der Waals surface area contributed by atoms with Crippen LogP contribution in [0.5, 0.6) is 0 Å². The van der Waals surface area contributed by atoms with Gasteiger partial charge in [0.2, 0.25) is 0 Å². The number of anilines is 1. The molecular formula is C9H13N3. The first-order valence-corrected chi connectivity index (χ1v) is 3.84. The van der Waals surface area contributed by atoms with Gasteiger partial charge in [-0.15, -0.1) is 0 Å². The highest BCUT2D eigenvalue weighted by Gasteiger charge is 2.16. The Kier molecular flexibility index (Phi) is 1.85. The first kappa shape index (κ1) is 8.66. The zero-order valence-electron chi connectivity index (χ0n) is 7.63. The van der Waals surface area contributed by atoms with E-state index in [2.05, 4.69) is 0 Å². The van der Waals surface area contributed by atoms with E-state index in [9.17, 15) is 0 Å². The van der Waals surface area contributed by atoms with E-state index in [4.69, 9.17) is 11.0 Å². The molecule has 0 aliphatic rings. The molecule has 1 rings (SSSR count). The first-order chi connectivity index (χ1) is 5.46. The van der Waals surface area contributed by atoms with E-state index in [1.54, 1.807) is 6.07 Å². The number of hydrogen-bond donors (Lipinski definition) is 1. The Bertz CT molecular complexity index is 323. The lowest BCUT2D eigenvalue weighted by atomic mass is 10.1. The lowest BCUT2D eigenvalue weighted by molar-refractivity contribution is 0.404. The van der Waals surface area contributed by atoms with Gasteiger partial charge in [-0.2, -0.15) is 5.26 Å². The van der Waals surface area contributed by atoms with Crippen LogP contribution in [0.2, 0.25) is 0 Å². The molecule has 0 amide bonds. The summed E-state index contributed by atoms with van der Waals surface area (Å²) in [5, 5.41) is 8.65. The summed E-state index contributed by atoms with van der Waals surface area (Å²) < 4.78 is 1.89. The Morgan fingerprint density at radius 2 is 2.08 bits per heavy atom. The van der Waals surface area contributed by atoms with Crippen LogP contribution >= 0.6 is 0 Å². The van der Waals surface area contributed by atoms with Gasteiger partial charge in [-0.1, -0.05) is 0 Å². The maximum Gasteiger partial charge on any atom is 0.121 e. The molecule has 3 nitrogen and oxygen atoms in total. The normalized spacial score (nSPS) is 11.2. The van der Waals surface area contributed by atoms with Crippen molar-refractivity contribution in [2.75, 3.05) is 5.73 Å². The van der Waals surface area contributed by atoms with Crippen LogP contribution in [0.4, 0.5) is 5.82 Å². The molecule has 12 heavy (non-hydrogen) atoms. The Balaban J connectivity index is 3.22.